The Bertz CT molecular complexity index is 1290. The molecule has 0 spiro atoms. The maximum Gasteiger partial charge on any atom is 0.332 e. The van der Waals surface area contributed by atoms with E-state index in [0.29, 0.717) is 27.1 Å². The second kappa shape index (κ2) is 7.44. The Labute approximate surface area is 165 Å². The van der Waals surface area contributed by atoms with E-state index in [1.54, 1.807) is 60.7 Å². The highest BCUT2D eigenvalue weighted by Gasteiger charge is 2.14. The Morgan fingerprint density at radius 2 is 1.57 bits per heavy atom. The van der Waals surface area contributed by atoms with Gasteiger partial charge in [-0.05, 0) is 41.5 Å². The second-order valence-corrected chi connectivity index (χ2v) is 6.91. The van der Waals surface area contributed by atoms with E-state index in [9.17, 15) is 14.0 Å². The summed E-state index contributed by atoms with van der Waals surface area (Å²) >= 11 is 6.22. The van der Waals surface area contributed by atoms with E-state index in [-0.39, 0.29) is 24.5 Å². The molecule has 1 aromatic heterocycles. The summed E-state index contributed by atoms with van der Waals surface area (Å²) < 4.78 is 16.3. The molecule has 0 radical (unpaired) electrons. The molecule has 0 saturated carbocycles. The molecule has 0 N–H and O–H groups in total. The number of para-hydroxylation sites is 1. The highest BCUT2D eigenvalue weighted by molar-refractivity contribution is 6.31. The number of aromatic nitrogens is 2. The lowest BCUT2D eigenvalue weighted by Gasteiger charge is -2.15. The van der Waals surface area contributed by atoms with E-state index < -0.39 is 5.69 Å². The van der Waals surface area contributed by atoms with Crippen molar-refractivity contribution >= 4 is 22.5 Å². The third kappa shape index (κ3) is 3.37. The number of hydrogen-bond donors (Lipinski definition) is 0. The second-order valence-electron chi connectivity index (χ2n) is 6.50. The summed E-state index contributed by atoms with van der Waals surface area (Å²) in [5.41, 5.74) is 0.979. The largest absolute Gasteiger partial charge is 0.332 e. The predicted octanol–water partition coefficient (Wildman–Crippen LogP) is 4.05. The normalized spacial score (nSPS) is 11.1. The van der Waals surface area contributed by atoms with Crippen LogP contribution in [0.5, 0.6) is 0 Å². The summed E-state index contributed by atoms with van der Waals surface area (Å²) in [5.74, 6) is -0.376. The highest BCUT2D eigenvalue weighted by atomic mass is 35.5. The maximum absolute atomic E-state index is 13.6. The fourth-order valence-electron chi connectivity index (χ4n) is 3.28. The van der Waals surface area contributed by atoms with E-state index >= 15 is 0 Å². The van der Waals surface area contributed by atoms with Crippen molar-refractivity contribution in [2.24, 2.45) is 0 Å². The molecule has 0 saturated heterocycles. The van der Waals surface area contributed by atoms with Gasteiger partial charge in [0.25, 0.3) is 5.56 Å². The minimum Gasteiger partial charge on any atom is -0.289 e. The van der Waals surface area contributed by atoms with Gasteiger partial charge in [0.2, 0.25) is 0 Å². The lowest BCUT2D eigenvalue weighted by atomic mass is 10.2. The van der Waals surface area contributed by atoms with Crippen molar-refractivity contribution in [3.8, 4) is 0 Å². The molecule has 4 aromatic rings. The Morgan fingerprint density at radius 3 is 2.36 bits per heavy atom. The molecule has 0 aliphatic heterocycles. The third-order valence-corrected chi connectivity index (χ3v) is 5.02. The van der Waals surface area contributed by atoms with Crippen molar-refractivity contribution in [3.05, 3.63) is 116 Å². The predicted molar refractivity (Wildman–Crippen MR) is 109 cm³/mol. The van der Waals surface area contributed by atoms with Crippen LogP contribution in [0.1, 0.15) is 11.1 Å². The number of halogens is 2. The van der Waals surface area contributed by atoms with Gasteiger partial charge in [-0.2, -0.15) is 0 Å². The molecule has 0 aliphatic carbocycles. The van der Waals surface area contributed by atoms with Gasteiger partial charge in [-0.25, -0.2) is 9.18 Å². The maximum atomic E-state index is 13.6. The van der Waals surface area contributed by atoms with Gasteiger partial charge in [-0.3, -0.25) is 13.9 Å². The zero-order valence-corrected chi connectivity index (χ0v) is 15.6. The molecule has 0 fully saturated rings. The van der Waals surface area contributed by atoms with E-state index in [2.05, 4.69) is 0 Å². The summed E-state index contributed by atoms with van der Waals surface area (Å²) in [5, 5.41) is 0.907. The summed E-state index contributed by atoms with van der Waals surface area (Å²) in [4.78, 5) is 26.2. The monoisotopic (exact) mass is 394 g/mol. The fraction of sp³-hybridized carbons (Fsp3) is 0.0909. The van der Waals surface area contributed by atoms with E-state index in [4.69, 9.17) is 11.6 Å². The third-order valence-electron chi connectivity index (χ3n) is 4.65. The van der Waals surface area contributed by atoms with Crippen molar-refractivity contribution < 1.29 is 4.39 Å². The summed E-state index contributed by atoms with van der Waals surface area (Å²) in [6.45, 7) is 0.214. The average molecular weight is 395 g/mol. The van der Waals surface area contributed by atoms with E-state index in [1.807, 2.05) is 0 Å². The number of benzene rings is 3. The van der Waals surface area contributed by atoms with Gasteiger partial charge in [0.15, 0.2) is 0 Å². The first kappa shape index (κ1) is 18.2. The van der Waals surface area contributed by atoms with Gasteiger partial charge in [0, 0.05) is 5.02 Å². The first-order valence-electron chi connectivity index (χ1n) is 8.75. The number of nitrogens with zero attached hydrogens (tertiary/aromatic N) is 2. The summed E-state index contributed by atoms with van der Waals surface area (Å²) in [7, 11) is 0. The Hall–Kier alpha value is -3.18. The zero-order valence-electron chi connectivity index (χ0n) is 14.8. The van der Waals surface area contributed by atoms with Crippen molar-refractivity contribution in [2.45, 2.75) is 13.1 Å². The first-order valence-corrected chi connectivity index (χ1v) is 9.12. The van der Waals surface area contributed by atoms with Gasteiger partial charge in [0.05, 0.1) is 24.0 Å². The van der Waals surface area contributed by atoms with Crippen molar-refractivity contribution in [2.75, 3.05) is 0 Å². The minimum atomic E-state index is -0.465. The minimum absolute atomic E-state index is 0.0608. The van der Waals surface area contributed by atoms with Crippen LogP contribution in [0, 0.1) is 5.82 Å². The molecular formula is C22H16ClFN2O2. The van der Waals surface area contributed by atoms with Gasteiger partial charge in [0.1, 0.15) is 5.82 Å². The molecule has 0 bridgehead atoms. The van der Waals surface area contributed by atoms with Crippen LogP contribution in [-0.2, 0) is 13.1 Å². The molecule has 4 nitrogen and oxygen atoms in total. The van der Waals surface area contributed by atoms with E-state index in [1.165, 1.54) is 21.3 Å². The summed E-state index contributed by atoms with van der Waals surface area (Å²) in [6.07, 6.45) is 0. The van der Waals surface area contributed by atoms with Crippen molar-refractivity contribution in [3.63, 3.8) is 0 Å². The van der Waals surface area contributed by atoms with Gasteiger partial charge in [-0.1, -0.05) is 54.1 Å². The van der Waals surface area contributed by atoms with Gasteiger partial charge in [-0.15, -0.1) is 0 Å². The molecule has 6 heteroatoms. The van der Waals surface area contributed by atoms with Crippen LogP contribution in [0.25, 0.3) is 10.9 Å². The van der Waals surface area contributed by atoms with Gasteiger partial charge < -0.3 is 0 Å². The fourth-order valence-corrected chi connectivity index (χ4v) is 3.47. The summed E-state index contributed by atoms with van der Waals surface area (Å²) in [6, 6.07) is 20.1. The standard InChI is InChI=1S/C22H16ClFN2O2/c23-19-10-3-1-7-16(19)14-26-21(27)18-9-2-4-11-20(18)25(22(26)28)13-15-6-5-8-17(24)12-15/h1-12H,13-14H2. The molecule has 4 rings (SSSR count). The lowest BCUT2D eigenvalue weighted by Crippen LogP contribution is -2.40. The van der Waals surface area contributed by atoms with Gasteiger partial charge >= 0.3 is 5.69 Å². The Kier molecular flexibility index (Phi) is 4.84. The Balaban J connectivity index is 1.93. The molecule has 0 atom stereocenters. The van der Waals surface area contributed by atoms with Crippen LogP contribution < -0.4 is 11.2 Å². The van der Waals surface area contributed by atoms with Crippen molar-refractivity contribution in [1.82, 2.24) is 9.13 Å². The topological polar surface area (TPSA) is 44.0 Å². The smallest absolute Gasteiger partial charge is 0.289 e. The molecule has 0 unspecified atom stereocenters. The molecule has 3 aromatic carbocycles. The SMILES string of the molecule is O=c1c2ccccc2n(Cc2cccc(F)c2)c(=O)n1Cc1ccccc1Cl. The molecule has 28 heavy (non-hydrogen) atoms. The van der Waals surface area contributed by atoms with Crippen molar-refractivity contribution in [1.29, 1.82) is 0 Å². The van der Waals surface area contributed by atoms with Crippen LogP contribution in [0.2, 0.25) is 5.02 Å². The molecular weight excluding hydrogens is 379 g/mol. The first-order chi connectivity index (χ1) is 13.5. The van der Waals surface area contributed by atoms with E-state index in [0.717, 1.165) is 0 Å². The van der Waals surface area contributed by atoms with Crippen LogP contribution in [0.15, 0.2) is 82.4 Å². The van der Waals surface area contributed by atoms with Crippen LogP contribution in [0.4, 0.5) is 4.39 Å². The van der Waals surface area contributed by atoms with Crippen LogP contribution >= 0.6 is 11.6 Å². The molecule has 1 heterocycles. The number of hydrogen-bond acceptors (Lipinski definition) is 2. The highest BCUT2D eigenvalue weighted by Crippen LogP contribution is 2.16. The quantitative estimate of drug-likeness (QED) is 0.524. The molecule has 140 valence electrons. The number of rotatable bonds is 4. The molecule has 0 amide bonds. The molecule has 0 aliphatic rings. The van der Waals surface area contributed by atoms with Crippen LogP contribution in [0.3, 0.4) is 0 Å². The zero-order chi connectivity index (χ0) is 19.7. The lowest BCUT2D eigenvalue weighted by molar-refractivity contribution is 0.615. The van der Waals surface area contributed by atoms with Crippen LogP contribution in [-0.4, -0.2) is 9.13 Å². The Morgan fingerprint density at radius 1 is 0.821 bits per heavy atom. The number of fused-ring (bicyclic) bond motifs is 1. The average Bonchev–Trinajstić information content (AvgIpc) is 2.70.